The molecule has 1 aliphatic heterocycles. The molecular weight excluding hydrogens is 192 g/mol. The van der Waals surface area contributed by atoms with Crippen LogP contribution < -0.4 is 0 Å². The summed E-state index contributed by atoms with van der Waals surface area (Å²) < 4.78 is 3.97. The topological polar surface area (TPSA) is 43.4 Å². The van der Waals surface area contributed by atoms with Gasteiger partial charge in [-0.3, -0.25) is 0 Å². The van der Waals surface area contributed by atoms with Crippen LogP contribution in [0.5, 0.6) is 0 Å². The van der Waals surface area contributed by atoms with Crippen molar-refractivity contribution >= 4 is 11.9 Å². The van der Waals surface area contributed by atoms with Crippen LogP contribution in [0.25, 0.3) is 0 Å². The van der Waals surface area contributed by atoms with Crippen molar-refractivity contribution in [3.63, 3.8) is 0 Å². The molecule has 1 aliphatic carbocycles. The van der Waals surface area contributed by atoms with Crippen LogP contribution in [0.4, 0.5) is 0 Å². The summed E-state index contributed by atoms with van der Waals surface area (Å²) in [7, 11) is 0. The van der Waals surface area contributed by atoms with Crippen LogP contribution in [-0.4, -0.2) is 11.9 Å². The first-order valence-electron chi connectivity index (χ1n) is 5.04. The van der Waals surface area contributed by atoms with Crippen molar-refractivity contribution in [3.8, 4) is 0 Å². The zero-order chi connectivity index (χ0) is 10.9. The van der Waals surface area contributed by atoms with Gasteiger partial charge in [0.25, 0.3) is 0 Å². The summed E-state index contributed by atoms with van der Waals surface area (Å²) in [6.07, 6.45) is 16.2. The quantitative estimate of drug-likeness (QED) is 0.451. The molecule has 80 valence electrons. The fraction of sp³-hybridized carbons (Fsp3) is 0.333. The third-order valence-corrected chi connectivity index (χ3v) is 1.93. The van der Waals surface area contributed by atoms with Crippen LogP contribution >= 0.6 is 0 Å². The van der Waals surface area contributed by atoms with E-state index in [1.165, 1.54) is 25.7 Å². The molecule has 0 spiro atoms. The van der Waals surface area contributed by atoms with Gasteiger partial charge in [-0.1, -0.05) is 24.3 Å². The summed E-state index contributed by atoms with van der Waals surface area (Å²) in [5.74, 6) is -1.16. The predicted molar refractivity (Wildman–Crippen MR) is 57.0 cm³/mol. The highest BCUT2D eigenvalue weighted by Gasteiger charge is 2.10. The summed E-state index contributed by atoms with van der Waals surface area (Å²) in [4.78, 5) is 19.8. The average molecular weight is 206 g/mol. The molecule has 0 fully saturated rings. The van der Waals surface area contributed by atoms with Crippen molar-refractivity contribution < 1.29 is 14.3 Å². The summed E-state index contributed by atoms with van der Waals surface area (Å²) in [6.45, 7) is 0. The van der Waals surface area contributed by atoms with Crippen molar-refractivity contribution in [2.75, 3.05) is 0 Å². The van der Waals surface area contributed by atoms with Gasteiger partial charge >= 0.3 is 11.9 Å². The van der Waals surface area contributed by atoms with E-state index in [2.05, 4.69) is 29.0 Å². The second kappa shape index (κ2) is 6.76. The lowest BCUT2D eigenvalue weighted by atomic mass is 10.1. The largest absolute Gasteiger partial charge is 0.387 e. The zero-order valence-corrected chi connectivity index (χ0v) is 8.52. The number of carbonyl (C=O) groups excluding carboxylic acids is 2. The van der Waals surface area contributed by atoms with Crippen molar-refractivity contribution in [1.82, 2.24) is 0 Å². The minimum atomic E-state index is -0.579. The second-order valence-electron chi connectivity index (χ2n) is 3.21. The van der Waals surface area contributed by atoms with E-state index in [4.69, 9.17) is 0 Å². The molecule has 0 unspecified atom stereocenters. The van der Waals surface area contributed by atoms with Crippen LogP contribution in [-0.2, 0) is 14.3 Å². The molecule has 1 heterocycles. The van der Waals surface area contributed by atoms with Gasteiger partial charge in [0.05, 0.1) is 0 Å². The normalized spacial score (nSPS) is 18.9. The van der Waals surface area contributed by atoms with Crippen molar-refractivity contribution in [1.29, 1.82) is 0 Å². The van der Waals surface area contributed by atoms with Crippen LogP contribution in [0.15, 0.2) is 36.5 Å². The molecule has 2 rings (SSSR count). The molecule has 0 atom stereocenters. The maximum atomic E-state index is 9.92. The van der Waals surface area contributed by atoms with E-state index in [0.717, 1.165) is 12.2 Å². The van der Waals surface area contributed by atoms with Crippen LogP contribution in [0.3, 0.4) is 0 Å². The standard InChI is InChI=1S/C8H12.C4H2O3/c1-2-4-6-8-7-5-3-1;5-3-1-2-4(6)7-3/h1-4H,5-8H2;1-2H. The summed E-state index contributed by atoms with van der Waals surface area (Å²) >= 11 is 0. The minimum Gasteiger partial charge on any atom is -0.387 e. The molecule has 0 aromatic carbocycles. The Morgan fingerprint density at radius 3 is 1.67 bits per heavy atom. The number of ether oxygens (including phenoxy) is 1. The number of esters is 2. The first kappa shape index (κ1) is 11.4. The molecule has 3 nitrogen and oxygen atoms in total. The number of allylic oxidation sites excluding steroid dienone is 4. The van der Waals surface area contributed by atoms with Crippen LogP contribution in [0.2, 0.25) is 0 Å². The Bertz CT molecular complexity index is 281. The number of carbonyl (C=O) groups is 2. The van der Waals surface area contributed by atoms with E-state index in [9.17, 15) is 9.59 Å². The molecule has 15 heavy (non-hydrogen) atoms. The molecule has 0 amide bonds. The van der Waals surface area contributed by atoms with Gasteiger partial charge in [0, 0.05) is 12.2 Å². The Morgan fingerprint density at radius 1 is 0.867 bits per heavy atom. The van der Waals surface area contributed by atoms with Gasteiger partial charge in [-0.15, -0.1) is 0 Å². The molecule has 0 bridgehead atoms. The highest BCUT2D eigenvalue weighted by Crippen LogP contribution is 2.04. The predicted octanol–water partition coefficient (Wildman–Crippen LogP) is 2.30. The molecule has 3 heteroatoms. The summed E-state index contributed by atoms with van der Waals surface area (Å²) in [6, 6.07) is 0. The Kier molecular flexibility index (Phi) is 5.15. The molecule has 0 N–H and O–H groups in total. The maximum absolute atomic E-state index is 9.92. The molecular formula is C12H14O3. The Morgan fingerprint density at radius 2 is 1.33 bits per heavy atom. The third-order valence-electron chi connectivity index (χ3n) is 1.93. The van der Waals surface area contributed by atoms with Gasteiger partial charge in [0.1, 0.15) is 0 Å². The maximum Gasteiger partial charge on any atom is 0.338 e. The van der Waals surface area contributed by atoms with E-state index < -0.39 is 11.9 Å². The average Bonchev–Trinajstić information content (AvgIpc) is 2.49. The van der Waals surface area contributed by atoms with Gasteiger partial charge in [0.15, 0.2) is 0 Å². The molecule has 0 aromatic rings. The van der Waals surface area contributed by atoms with E-state index in [1.807, 2.05) is 0 Å². The lowest BCUT2D eigenvalue weighted by Gasteiger charge is -1.94. The van der Waals surface area contributed by atoms with Gasteiger partial charge < -0.3 is 4.74 Å². The fourth-order valence-electron chi connectivity index (χ4n) is 1.18. The van der Waals surface area contributed by atoms with Gasteiger partial charge in [-0.2, -0.15) is 0 Å². The van der Waals surface area contributed by atoms with Crippen molar-refractivity contribution in [2.45, 2.75) is 25.7 Å². The number of hydrogen-bond acceptors (Lipinski definition) is 3. The lowest BCUT2D eigenvalue weighted by molar-refractivity contribution is -0.150. The van der Waals surface area contributed by atoms with E-state index in [0.29, 0.717) is 0 Å². The van der Waals surface area contributed by atoms with Gasteiger partial charge in [-0.05, 0) is 25.7 Å². The third kappa shape index (κ3) is 5.62. The Balaban J connectivity index is 0.000000151. The van der Waals surface area contributed by atoms with E-state index in [1.54, 1.807) is 0 Å². The molecule has 0 saturated carbocycles. The van der Waals surface area contributed by atoms with Gasteiger partial charge in [0.2, 0.25) is 0 Å². The van der Waals surface area contributed by atoms with Crippen molar-refractivity contribution in [3.05, 3.63) is 36.5 Å². The number of rotatable bonds is 0. The first-order chi connectivity index (χ1) is 7.29. The zero-order valence-electron chi connectivity index (χ0n) is 8.52. The summed E-state index contributed by atoms with van der Waals surface area (Å²) in [5.41, 5.74) is 0. The van der Waals surface area contributed by atoms with Crippen LogP contribution in [0, 0.1) is 0 Å². The first-order valence-corrected chi connectivity index (χ1v) is 5.04. The van der Waals surface area contributed by atoms with Gasteiger partial charge in [-0.25, -0.2) is 9.59 Å². The highest BCUT2D eigenvalue weighted by molar-refractivity contribution is 6.04. The number of cyclic esters (lactones) is 2. The molecule has 2 aliphatic rings. The van der Waals surface area contributed by atoms with E-state index in [-0.39, 0.29) is 0 Å². The lowest BCUT2D eigenvalue weighted by Crippen LogP contribution is -1.96. The highest BCUT2D eigenvalue weighted by atomic mass is 16.6. The van der Waals surface area contributed by atoms with E-state index >= 15 is 0 Å². The van der Waals surface area contributed by atoms with Crippen molar-refractivity contribution in [2.24, 2.45) is 0 Å². The van der Waals surface area contributed by atoms with Crippen LogP contribution in [0.1, 0.15) is 25.7 Å². The fourth-order valence-corrected chi connectivity index (χ4v) is 1.18. The Labute approximate surface area is 89.1 Å². The Hall–Kier alpha value is -1.64. The summed E-state index contributed by atoms with van der Waals surface area (Å²) in [5, 5.41) is 0. The second-order valence-corrected chi connectivity index (χ2v) is 3.21. The minimum absolute atomic E-state index is 0.579. The molecule has 0 saturated heterocycles. The molecule has 0 aromatic heterocycles. The number of hydrogen-bond donors (Lipinski definition) is 0. The SMILES string of the molecule is C1=CCCCCC=C1.O=C1C=CC(=O)O1. The monoisotopic (exact) mass is 206 g/mol. The smallest absolute Gasteiger partial charge is 0.338 e. The molecule has 0 radical (unpaired) electrons.